The third-order valence-electron chi connectivity index (χ3n) is 5.63. The Morgan fingerprint density at radius 3 is 2.26 bits per heavy atom. The SMILES string of the molecule is O=C1C(Sc2nnc(N3CCOCC3)n2-c2ccccc2)CCCN1c1ccccc1. The molecular formula is C23H25N5O2S. The Hall–Kier alpha value is -2.84. The largest absolute Gasteiger partial charge is 0.378 e. The fourth-order valence-corrected chi connectivity index (χ4v) is 5.20. The first-order valence-electron chi connectivity index (χ1n) is 10.7. The molecule has 0 aliphatic carbocycles. The zero-order valence-electron chi connectivity index (χ0n) is 17.3. The van der Waals surface area contributed by atoms with Crippen LogP contribution < -0.4 is 9.80 Å². The maximum atomic E-state index is 13.3. The smallest absolute Gasteiger partial charge is 0.240 e. The summed E-state index contributed by atoms with van der Waals surface area (Å²) < 4.78 is 7.58. The molecule has 31 heavy (non-hydrogen) atoms. The number of amides is 1. The Labute approximate surface area is 186 Å². The minimum Gasteiger partial charge on any atom is -0.378 e. The molecular weight excluding hydrogens is 410 g/mol. The normalized spacial score (nSPS) is 19.6. The summed E-state index contributed by atoms with van der Waals surface area (Å²) in [6.07, 6.45) is 1.80. The number of piperidine rings is 1. The van der Waals surface area contributed by atoms with Gasteiger partial charge in [-0.1, -0.05) is 48.2 Å². The van der Waals surface area contributed by atoms with E-state index in [0.717, 1.165) is 55.0 Å². The van der Waals surface area contributed by atoms with Gasteiger partial charge in [-0.2, -0.15) is 0 Å². The number of carbonyl (C=O) groups excluding carboxylic acids is 1. The van der Waals surface area contributed by atoms with Crippen LogP contribution in [0.5, 0.6) is 0 Å². The number of anilines is 2. The minimum absolute atomic E-state index is 0.137. The molecule has 3 aromatic rings. The number of ether oxygens (including phenoxy) is 1. The van der Waals surface area contributed by atoms with Crippen LogP contribution in [-0.2, 0) is 9.53 Å². The van der Waals surface area contributed by atoms with Crippen LogP contribution >= 0.6 is 11.8 Å². The summed E-state index contributed by atoms with van der Waals surface area (Å²) in [6.45, 7) is 3.67. The number of aromatic nitrogens is 3. The summed E-state index contributed by atoms with van der Waals surface area (Å²) in [6, 6.07) is 20.0. The third kappa shape index (κ3) is 4.18. The predicted octanol–water partition coefficient (Wildman–Crippen LogP) is 3.39. The summed E-state index contributed by atoms with van der Waals surface area (Å²) in [5.74, 6) is 0.943. The lowest BCUT2D eigenvalue weighted by molar-refractivity contribution is -0.119. The Kier molecular flexibility index (Phi) is 5.90. The number of thioether (sulfide) groups is 1. The highest BCUT2D eigenvalue weighted by Crippen LogP contribution is 2.34. The molecule has 8 heteroatoms. The van der Waals surface area contributed by atoms with E-state index in [9.17, 15) is 4.79 Å². The molecule has 3 heterocycles. The van der Waals surface area contributed by atoms with Crippen LogP contribution in [0.3, 0.4) is 0 Å². The van der Waals surface area contributed by atoms with Gasteiger partial charge in [-0.15, -0.1) is 10.2 Å². The second kappa shape index (κ2) is 9.11. The zero-order valence-corrected chi connectivity index (χ0v) is 18.1. The standard InChI is InChI=1S/C23H25N5O2S/c29-21-20(12-7-13-27(21)18-8-3-1-4-9-18)31-23-25-24-22(26-14-16-30-17-15-26)28(23)19-10-5-2-6-11-19/h1-6,8-11,20H,7,12-17H2. The van der Waals surface area contributed by atoms with Crippen molar-refractivity contribution in [2.45, 2.75) is 23.2 Å². The summed E-state index contributed by atoms with van der Waals surface area (Å²) in [4.78, 5) is 17.4. The molecule has 2 fully saturated rings. The fourth-order valence-electron chi connectivity index (χ4n) is 4.05. The van der Waals surface area contributed by atoms with Crippen LogP contribution in [0.1, 0.15) is 12.8 Å². The van der Waals surface area contributed by atoms with Gasteiger partial charge in [0.25, 0.3) is 0 Å². The van der Waals surface area contributed by atoms with Crippen LogP contribution in [0.15, 0.2) is 65.8 Å². The molecule has 5 rings (SSSR count). The number of hydrogen-bond acceptors (Lipinski definition) is 6. The number of benzene rings is 2. The minimum atomic E-state index is -0.182. The first-order chi connectivity index (χ1) is 15.3. The van der Waals surface area contributed by atoms with Gasteiger partial charge in [0.2, 0.25) is 11.9 Å². The van der Waals surface area contributed by atoms with Gasteiger partial charge < -0.3 is 14.5 Å². The second-order valence-electron chi connectivity index (χ2n) is 7.63. The van der Waals surface area contributed by atoms with E-state index in [0.29, 0.717) is 13.2 Å². The molecule has 1 unspecified atom stereocenters. The molecule has 2 aromatic carbocycles. The molecule has 7 nitrogen and oxygen atoms in total. The molecule has 160 valence electrons. The molecule has 0 bridgehead atoms. The van der Waals surface area contributed by atoms with E-state index in [1.54, 1.807) is 0 Å². The van der Waals surface area contributed by atoms with Gasteiger partial charge in [-0.05, 0) is 37.1 Å². The van der Waals surface area contributed by atoms with Gasteiger partial charge in [0, 0.05) is 25.3 Å². The van der Waals surface area contributed by atoms with E-state index >= 15 is 0 Å². The van der Waals surface area contributed by atoms with Crippen LogP contribution in [0, 0.1) is 0 Å². The Morgan fingerprint density at radius 2 is 1.55 bits per heavy atom. The summed E-state index contributed by atoms with van der Waals surface area (Å²) in [7, 11) is 0. The van der Waals surface area contributed by atoms with Gasteiger partial charge in [-0.25, -0.2) is 0 Å². The zero-order chi connectivity index (χ0) is 21.0. The molecule has 2 aliphatic rings. The van der Waals surface area contributed by atoms with E-state index in [4.69, 9.17) is 4.74 Å². The number of hydrogen-bond donors (Lipinski definition) is 0. The van der Waals surface area contributed by atoms with Gasteiger partial charge in [-0.3, -0.25) is 9.36 Å². The number of carbonyl (C=O) groups is 1. The molecule has 2 aliphatic heterocycles. The summed E-state index contributed by atoms with van der Waals surface area (Å²) in [5, 5.41) is 9.61. The lowest BCUT2D eigenvalue weighted by Gasteiger charge is -2.32. The highest BCUT2D eigenvalue weighted by atomic mass is 32.2. The first kappa shape index (κ1) is 20.1. The summed E-state index contributed by atoms with van der Waals surface area (Å²) in [5.41, 5.74) is 1.95. The van der Waals surface area contributed by atoms with E-state index in [1.807, 2.05) is 53.4 Å². The van der Waals surface area contributed by atoms with E-state index in [-0.39, 0.29) is 11.2 Å². The highest BCUT2D eigenvalue weighted by molar-refractivity contribution is 8.00. The van der Waals surface area contributed by atoms with E-state index in [1.165, 1.54) is 11.8 Å². The number of nitrogens with zero attached hydrogens (tertiary/aromatic N) is 5. The average Bonchev–Trinajstić information content (AvgIpc) is 3.26. The summed E-state index contributed by atoms with van der Waals surface area (Å²) >= 11 is 1.52. The maximum Gasteiger partial charge on any atom is 0.240 e. The van der Waals surface area contributed by atoms with Crippen molar-refractivity contribution in [2.75, 3.05) is 42.6 Å². The van der Waals surface area contributed by atoms with E-state index < -0.39 is 0 Å². The van der Waals surface area contributed by atoms with E-state index in [2.05, 4.69) is 31.8 Å². The van der Waals surface area contributed by atoms with Crippen LogP contribution in [0.25, 0.3) is 5.69 Å². The van der Waals surface area contributed by atoms with Crippen molar-refractivity contribution in [3.63, 3.8) is 0 Å². The first-order valence-corrected chi connectivity index (χ1v) is 11.6. The molecule has 0 radical (unpaired) electrons. The maximum absolute atomic E-state index is 13.3. The molecule has 1 amide bonds. The fraction of sp³-hybridized carbons (Fsp3) is 0.348. The van der Waals surface area contributed by atoms with Crippen molar-refractivity contribution in [3.8, 4) is 5.69 Å². The van der Waals surface area contributed by atoms with Crippen molar-refractivity contribution in [3.05, 3.63) is 60.7 Å². The Balaban J connectivity index is 1.45. The van der Waals surface area contributed by atoms with Gasteiger partial charge in [0.05, 0.1) is 24.2 Å². The van der Waals surface area contributed by atoms with Crippen LogP contribution in [-0.4, -0.2) is 58.8 Å². The lowest BCUT2D eigenvalue weighted by Crippen LogP contribution is -2.43. The number of para-hydroxylation sites is 2. The predicted molar refractivity (Wildman–Crippen MR) is 122 cm³/mol. The van der Waals surface area contributed by atoms with Crippen molar-refractivity contribution >= 4 is 29.3 Å². The van der Waals surface area contributed by atoms with Gasteiger partial charge in [0.15, 0.2) is 5.16 Å². The van der Waals surface area contributed by atoms with Crippen molar-refractivity contribution < 1.29 is 9.53 Å². The molecule has 1 aromatic heterocycles. The Bertz CT molecular complexity index is 1020. The number of rotatable bonds is 5. The monoisotopic (exact) mass is 435 g/mol. The molecule has 0 saturated carbocycles. The van der Waals surface area contributed by atoms with Crippen molar-refractivity contribution in [2.24, 2.45) is 0 Å². The van der Waals surface area contributed by atoms with Crippen molar-refractivity contribution in [1.82, 2.24) is 14.8 Å². The second-order valence-corrected chi connectivity index (χ2v) is 8.80. The van der Waals surface area contributed by atoms with Crippen molar-refractivity contribution in [1.29, 1.82) is 0 Å². The van der Waals surface area contributed by atoms with Gasteiger partial charge in [0.1, 0.15) is 0 Å². The average molecular weight is 436 g/mol. The quantitative estimate of drug-likeness (QED) is 0.612. The van der Waals surface area contributed by atoms with Crippen LogP contribution in [0.4, 0.5) is 11.6 Å². The number of morpholine rings is 1. The van der Waals surface area contributed by atoms with Gasteiger partial charge >= 0.3 is 0 Å². The molecule has 1 atom stereocenters. The molecule has 0 spiro atoms. The molecule has 0 N–H and O–H groups in total. The molecule has 2 saturated heterocycles. The highest BCUT2D eigenvalue weighted by Gasteiger charge is 2.33. The Morgan fingerprint density at radius 1 is 0.871 bits per heavy atom. The van der Waals surface area contributed by atoms with Crippen LogP contribution in [0.2, 0.25) is 0 Å². The topological polar surface area (TPSA) is 63.5 Å². The third-order valence-corrected chi connectivity index (χ3v) is 6.83. The lowest BCUT2D eigenvalue weighted by atomic mass is 10.1.